The lowest BCUT2D eigenvalue weighted by atomic mass is 10.2. The molecule has 1 unspecified atom stereocenters. The second-order valence-electron chi connectivity index (χ2n) is 4.86. The fourth-order valence-corrected chi connectivity index (χ4v) is 3.05. The number of aryl methyl sites for hydroxylation is 2. The summed E-state index contributed by atoms with van der Waals surface area (Å²) in [6, 6.07) is -0.460. The predicted octanol–water partition coefficient (Wildman–Crippen LogP) is 1.07. The first kappa shape index (κ1) is 15.0. The Bertz CT molecular complexity index is 541. The largest absolute Gasteiger partial charge is 0.343 e. The van der Waals surface area contributed by atoms with Crippen LogP contribution in [0.4, 0.5) is 0 Å². The molecule has 0 bridgehead atoms. The van der Waals surface area contributed by atoms with Crippen molar-refractivity contribution >= 4 is 27.7 Å². The Kier molecular flexibility index (Phi) is 4.47. The molecule has 1 fully saturated rings. The molecule has 2 amide bonds. The van der Waals surface area contributed by atoms with Crippen LogP contribution in [0.3, 0.4) is 0 Å². The highest BCUT2D eigenvalue weighted by atomic mass is 79.9. The molecule has 20 heavy (non-hydrogen) atoms. The third-order valence-corrected chi connectivity index (χ3v) is 4.34. The van der Waals surface area contributed by atoms with Crippen molar-refractivity contribution in [2.75, 3.05) is 6.54 Å². The van der Waals surface area contributed by atoms with E-state index in [2.05, 4.69) is 26.3 Å². The van der Waals surface area contributed by atoms with E-state index in [1.807, 2.05) is 18.5 Å². The summed E-state index contributed by atoms with van der Waals surface area (Å²) in [4.78, 5) is 25.3. The molecule has 1 saturated heterocycles. The summed E-state index contributed by atoms with van der Waals surface area (Å²) in [5.41, 5.74) is 1.92. The summed E-state index contributed by atoms with van der Waals surface area (Å²) in [5.74, 6) is -0.176. The Hall–Kier alpha value is -1.37. The van der Waals surface area contributed by atoms with E-state index in [4.69, 9.17) is 0 Å². The average Bonchev–Trinajstić information content (AvgIpc) is 2.72. The minimum atomic E-state index is -0.460. The van der Waals surface area contributed by atoms with Crippen LogP contribution >= 0.6 is 15.9 Å². The second kappa shape index (κ2) is 5.95. The Balaban J connectivity index is 2.27. The zero-order valence-electron chi connectivity index (χ0n) is 11.9. The summed E-state index contributed by atoms with van der Waals surface area (Å²) in [6.07, 6.45) is 0.825. The van der Waals surface area contributed by atoms with Crippen molar-refractivity contribution < 1.29 is 9.59 Å². The number of amides is 2. The van der Waals surface area contributed by atoms with Gasteiger partial charge in [0.1, 0.15) is 12.6 Å². The van der Waals surface area contributed by atoms with Crippen molar-refractivity contribution in [1.29, 1.82) is 0 Å². The first-order chi connectivity index (χ1) is 9.47. The number of nitrogens with zero attached hydrogens (tertiary/aromatic N) is 3. The molecule has 2 heterocycles. The van der Waals surface area contributed by atoms with Crippen LogP contribution in [0.25, 0.3) is 0 Å². The van der Waals surface area contributed by atoms with Crippen molar-refractivity contribution in [3.63, 3.8) is 0 Å². The number of halogens is 1. The number of nitrogens with one attached hydrogen (secondary N) is 1. The highest BCUT2D eigenvalue weighted by Gasteiger charge is 2.30. The molecule has 0 aromatic carbocycles. The number of carbonyl (C=O) groups is 2. The van der Waals surface area contributed by atoms with Gasteiger partial charge in [-0.2, -0.15) is 5.10 Å². The Morgan fingerprint density at radius 2 is 2.10 bits per heavy atom. The number of aromatic nitrogens is 2. The van der Waals surface area contributed by atoms with E-state index in [9.17, 15) is 9.59 Å². The van der Waals surface area contributed by atoms with Crippen LogP contribution in [-0.4, -0.2) is 39.1 Å². The minimum absolute atomic E-state index is 0.0570. The molecule has 1 aromatic heterocycles. The first-order valence-corrected chi connectivity index (χ1v) is 7.59. The fourth-order valence-electron chi connectivity index (χ4n) is 2.36. The van der Waals surface area contributed by atoms with E-state index in [1.54, 1.807) is 11.8 Å². The number of rotatable bonds is 4. The number of hydrogen-bond donors (Lipinski definition) is 1. The van der Waals surface area contributed by atoms with Crippen LogP contribution in [-0.2, 0) is 29.1 Å². The molecule has 1 aromatic rings. The van der Waals surface area contributed by atoms with Gasteiger partial charge in [0.05, 0.1) is 22.4 Å². The van der Waals surface area contributed by atoms with Crippen molar-refractivity contribution in [3.8, 4) is 0 Å². The van der Waals surface area contributed by atoms with Gasteiger partial charge in [0.15, 0.2) is 0 Å². The standard InChI is InChI=1S/C13H19BrN4O2/c1-4-9-12(14)10(18(5-2)16-9)6-17-7-11(19)15-8(3)13(17)20/h8H,4-7H2,1-3H3,(H,15,19). The van der Waals surface area contributed by atoms with E-state index in [1.165, 1.54) is 0 Å². The molecule has 1 atom stereocenters. The molecule has 2 rings (SSSR count). The lowest BCUT2D eigenvalue weighted by Gasteiger charge is -2.30. The van der Waals surface area contributed by atoms with Crippen molar-refractivity contribution in [1.82, 2.24) is 20.0 Å². The molecule has 7 heteroatoms. The molecular weight excluding hydrogens is 324 g/mol. The van der Waals surface area contributed by atoms with Crippen LogP contribution in [0.5, 0.6) is 0 Å². The summed E-state index contributed by atoms with van der Waals surface area (Å²) in [5, 5.41) is 7.15. The molecule has 0 saturated carbocycles. The molecule has 6 nitrogen and oxygen atoms in total. The van der Waals surface area contributed by atoms with Crippen molar-refractivity contribution in [2.45, 2.75) is 46.3 Å². The smallest absolute Gasteiger partial charge is 0.245 e. The lowest BCUT2D eigenvalue weighted by molar-refractivity contribution is -0.144. The molecule has 1 aliphatic rings. The monoisotopic (exact) mass is 342 g/mol. The van der Waals surface area contributed by atoms with Gasteiger partial charge in [-0.3, -0.25) is 14.3 Å². The molecule has 0 aliphatic carbocycles. The van der Waals surface area contributed by atoms with Crippen LogP contribution in [0.2, 0.25) is 0 Å². The number of hydrogen-bond acceptors (Lipinski definition) is 3. The van der Waals surface area contributed by atoms with Crippen molar-refractivity contribution in [3.05, 3.63) is 15.9 Å². The maximum Gasteiger partial charge on any atom is 0.245 e. The molecule has 110 valence electrons. The predicted molar refractivity (Wildman–Crippen MR) is 78.0 cm³/mol. The highest BCUT2D eigenvalue weighted by molar-refractivity contribution is 9.10. The zero-order chi connectivity index (χ0) is 14.9. The summed E-state index contributed by atoms with van der Waals surface area (Å²) < 4.78 is 2.82. The number of carbonyl (C=O) groups excluding carboxylic acids is 2. The maximum atomic E-state index is 12.1. The van der Waals surface area contributed by atoms with E-state index >= 15 is 0 Å². The molecular formula is C13H19BrN4O2. The third-order valence-electron chi connectivity index (χ3n) is 3.43. The molecule has 0 spiro atoms. The Morgan fingerprint density at radius 3 is 2.70 bits per heavy atom. The van der Waals surface area contributed by atoms with E-state index < -0.39 is 6.04 Å². The minimum Gasteiger partial charge on any atom is -0.343 e. The van der Waals surface area contributed by atoms with Gasteiger partial charge in [-0.25, -0.2) is 0 Å². The SMILES string of the molecule is CCc1nn(CC)c(CN2CC(=O)NC(C)C2=O)c1Br. The normalized spacial score (nSPS) is 19.4. The van der Waals surface area contributed by atoms with Crippen molar-refractivity contribution in [2.24, 2.45) is 0 Å². The topological polar surface area (TPSA) is 67.2 Å². The molecule has 1 aliphatic heterocycles. The van der Waals surface area contributed by atoms with Gasteiger partial charge in [-0.05, 0) is 36.2 Å². The molecule has 0 radical (unpaired) electrons. The Morgan fingerprint density at radius 1 is 1.40 bits per heavy atom. The van der Waals surface area contributed by atoms with E-state index in [-0.39, 0.29) is 18.4 Å². The summed E-state index contributed by atoms with van der Waals surface area (Å²) in [7, 11) is 0. The van der Waals surface area contributed by atoms with Gasteiger partial charge < -0.3 is 10.2 Å². The van der Waals surface area contributed by atoms with Gasteiger partial charge in [-0.1, -0.05) is 6.92 Å². The second-order valence-corrected chi connectivity index (χ2v) is 5.65. The van der Waals surface area contributed by atoms with Gasteiger partial charge >= 0.3 is 0 Å². The zero-order valence-corrected chi connectivity index (χ0v) is 13.5. The number of piperazine rings is 1. The summed E-state index contributed by atoms with van der Waals surface area (Å²) >= 11 is 3.56. The van der Waals surface area contributed by atoms with Gasteiger partial charge in [-0.15, -0.1) is 0 Å². The van der Waals surface area contributed by atoms with Crippen LogP contribution < -0.4 is 5.32 Å². The maximum absolute atomic E-state index is 12.1. The van der Waals surface area contributed by atoms with Gasteiger partial charge in [0.25, 0.3) is 0 Å². The van der Waals surface area contributed by atoms with Gasteiger partial charge in [0.2, 0.25) is 11.8 Å². The Labute approximate surface area is 126 Å². The average molecular weight is 343 g/mol. The summed E-state index contributed by atoms with van der Waals surface area (Å²) in [6.45, 7) is 6.99. The van der Waals surface area contributed by atoms with Gasteiger partial charge in [0, 0.05) is 6.54 Å². The molecule has 1 N–H and O–H groups in total. The first-order valence-electron chi connectivity index (χ1n) is 6.80. The van der Waals surface area contributed by atoms with E-state index in [0.717, 1.165) is 28.8 Å². The lowest BCUT2D eigenvalue weighted by Crippen LogP contribution is -2.56. The van der Waals surface area contributed by atoms with Crippen LogP contribution in [0.1, 0.15) is 32.2 Å². The van der Waals surface area contributed by atoms with Crippen LogP contribution in [0, 0.1) is 0 Å². The third kappa shape index (κ3) is 2.72. The van der Waals surface area contributed by atoms with E-state index in [0.29, 0.717) is 6.54 Å². The fraction of sp³-hybridized carbons (Fsp3) is 0.615. The quantitative estimate of drug-likeness (QED) is 0.890. The van der Waals surface area contributed by atoms with Crippen LogP contribution in [0.15, 0.2) is 4.47 Å². The highest BCUT2D eigenvalue weighted by Crippen LogP contribution is 2.24.